The largest absolute Gasteiger partial charge is 0.468 e. The van der Waals surface area contributed by atoms with Crippen molar-refractivity contribution in [3.05, 3.63) is 59.4 Å². The predicted octanol–water partition coefficient (Wildman–Crippen LogP) is 3.55. The Morgan fingerprint density at radius 1 is 1.21 bits per heavy atom. The van der Waals surface area contributed by atoms with Gasteiger partial charge in [-0.1, -0.05) is 12.1 Å². The first-order valence-corrected chi connectivity index (χ1v) is 11.5. The van der Waals surface area contributed by atoms with E-state index in [0.717, 1.165) is 16.2 Å². The van der Waals surface area contributed by atoms with Crippen LogP contribution in [0.25, 0.3) is 0 Å². The second kappa shape index (κ2) is 7.17. The Balaban J connectivity index is 1.57. The Morgan fingerprint density at radius 2 is 1.93 bits per heavy atom. The summed E-state index contributed by atoms with van der Waals surface area (Å²) in [6, 6.07) is 10.3. The molecule has 1 N–H and O–H groups in total. The molecule has 1 atom stereocenters. The summed E-state index contributed by atoms with van der Waals surface area (Å²) < 4.78 is 46.9. The van der Waals surface area contributed by atoms with Gasteiger partial charge < -0.3 is 4.74 Å². The van der Waals surface area contributed by atoms with Crippen LogP contribution in [0, 0.1) is 5.82 Å². The molecule has 2 aliphatic rings. The predicted molar refractivity (Wildman–Crippen MR) is 104 cm³/mol. The van der Waals surface area contributed by atoms with Crippen molar-refractivity contribution >= 4 is 27.8 Å². The lowest BCUT2D eigenvalue weighted by molar-refractivity contribution is -0.143. The maximum Gasteiger partial charge on any atom is 0.316 e. The van der Waals surface area contributed by atoms with Crippen LogP contribution in [0.15, 0.2) is 52.3 Å². The minimum absolute atomic E-state index is 0.119. The SMILES string of the molecule is COC(=O)C1(c2ccc(S(=O)(=O)N[C@H]3CCSc4ccc(F)cc43)cc2)CC1. The van der Waals surface area contributed by atoms with Gasteiger partial charge in [-0.2, -0.15) is 0 Å². The number of nitrogens with one attached hydrogen (secondary N) is 1. The number of hydrogen-bond acceptors (Lipinski definition) is 5. The highest BCUT2D eigenvalue weighted by Crippen LogP contribution is 2.49. The van der Waals surface area contributed by atoms with Gasteiger partial charge in [0.25, 0.3) is 0 Å². The zero-order valence-corrected chi connectivity index (χ0v) is 16.9. The van der Waals surface area contributed by atoms with Crippen molar-refractivity contribution in [2.45, 2.75) is 40.5 Å². The molecule has 2 aromatic carbocycles. The number of halogens is 1. The number of benzene rings is 2. The molecule has 5 nitrogen and oxygen atoms in total. The van der Waals surface area contributed by atoms with Gasteiger partial charge in [0.15, 0.2) is 0 Å². The van der Waals surface area contributed by atoms with Crippen LogP contribution in [0.3, 0.4) is 0 Å². The smallest absolute Gasteiger partial charge is 0.316 e. The first-order chi connectivity index (χ1) is 13.4. The van der Waals surface area contributed by atoms with Crippen LogP contribution in [-0.4, -0.2) is 27.2 Å². The Labute approximate surface area is 167 Å². The van der Waals surface area contributed by atoms with E-state index in [4.69, 9.17) is 4.74 Å². The zero-order chi connectivity index (χ0) is 19.9. The molecule has 1 fully saturated rings. The lowest BCUT2D eigenvalue weighted by Gasteiger charge is -2.26. The molecule has 0 amide bonds. The highest BCUT2D eigenvalue weighted by atomic mass is 32.2. The van der Waals surface area contributed by atoms with Gasteiger partial charge in [0, 0.05) is 10.9 Å². The Morgan fingerprint density at radius 3 is 2.57 bits per heavy atom. The van der Waals surface area contributed by atoms with Gasteiger partial charge in [-0.25, -0.2) is 17.5 Å². The van der Waals surface area contributed by atoms with Crippen LogP contribution >= 0.6 is 11.8 Å². The van der Waals surface area contributed by atoms with Crippen LogP contribution in [0.1, 0.15) is 36.4 Å². The Bertz CT molecular complexity index is 1020. The monoisotopic (exact) mass is 421 g/mol. The van der Waals surface area contributed by atoms with E-state index in [1.807, 2.05) is 0 Å². The Kier molecular flexibility index (Phi) is 4.97. The van der Waals surface area contributed by atoms with Crippen molar-refractivity contribution < 1.29 is 22.3 Å². The highest BCUT2D eigenvalue weighted by molar-refractivity contribution is 7.99. The molecule has 1 aliphatic carbocycles. The molecule has 1 heterocycles. The van der Waals surface area contributed by atoms with Gasteiger partial charge in [-0.05, 0) is 66.5 Å². The topological polar surface area (TPSA) is 72.5 Å². The fourth-order valence-electron chi connectivity index (χ4n) is 3.63. The van der Waals surface area contributed by atoms with E-state index in [0.29, 0.717) is 24.8 Å². The fourth-order valence-corrected chi connectivity index (χ4v) is 5.98. The molecule has 2 aromatic rings. The van der Waals surface area contributed by atoms with E-state index >= 15 is 0 Å². The van der Waals surface area contributed by atoms with Gasteiger partial charge in [-0.15, -0.1) is 11.8 Å². The molecule has 0 spiro atoms. The summed E-state index contributed by atoms with van der Waals surface area (Å²) in [6.07, 6.45) is 1.99. The summed E-state index contributed by atoms with van der Waals surface area (Å²) in [5.41, 5.74) is 0.792. The van der Waals surface area contributed by atoms with E-state index in [2.05, 4.69) is 4.72 Å². The van der Waals surface area contributed by atoms with Crippen LogP contribution in [0.2, 0.25) is 0 Å². The van der Waals surface area contributed by atoms with Gasteiger partial charge in [-0.3, -0.25) is 4.79 Å². The molecular weight excluding hydrogens is 401 g/mol. The molecule has 0 radical (unpaired) electrons. The number of rotatable bonds is 5. The van der Waals surface area contributed by atoms with Crippen molar-refractivity contribution in [2.75, 3.05) is 12.9 Å². The van der Waals surface area contributed by atoms with E-state index in [1.165, 1.54) is 31.4 Å². The number of fused-ring (bicyclic) bond motifs is 1. The van der Waals surface area contributed by atoms with Gasteiger partial charge >= 0.3 is 5.97 Å². The normalized spacial score (nSPS) is 20.3. The number of esters is 1. The fraction of sp³-hybridized carbons (Fsp3) is 0.350. The molecule has 0 bridgehead atoms. The van der Waals surface area contributed by atoms with Crippen LogP contribution in [0.5, 0.6) is 0 Å². The average Bonchev–Trinajstić information content (AvgIpc) is 3.50. The average molecular weight is 422 g/mol. The first kappa shape index (κ1) is 19.4. The summed E-state index contributed by atoms with van der Waals surface area (Å²) in [4.78, 5) is 13.0. The quantitative estimate of drug-likeness (QED) is 0.748. The van der Waals surface area contributed by atoms with Crippen LogP contribution in [-0.2, 0) is 25.0 Å². The van der Waals surface area contributed by atoms with Crippen LogP contribution in [0.4, 0.5) is 4.39 Å². The number of carbonyl (C=O) groups is 1. The number of hydrogen-bond donors (Lipinski definition) is 1. The van der Waals surface area contributed by atoms with E-state index in [1.54, 1.807) is 30.0 Å². The molecule has 1 aliphatic heterocycles. The van der Waals surface area contributed by atoms with Crippen molar-refractivity contribution in [3.63, 3.8) is 0 Å². The molecule has 0 aromatic heterocycles. The minimum Gasteiger partial charge on any atom is -0.468 e. The second-order valence-corrected chi connectivity index (χ2v) is 9.94. The molecule has 1 saturated carbocycles. The number of methoxy groups -OCH3 is 1. The molecule has 8 heteroatoms. The second-order valence-electron chi connectivity index (χ2n) is 7.09. The number of thioether (sulfide) groups is 1. The number of carbonyl (C=O) groups excluding carboxylic acids is 1. The number of ether oxygens (including phenoxy) is 1. The first-order valence-electron chi connectivity index (χ1n) is 8.99. The summed E-state index contributed by atoms with van der Waals surface area (Å²) in [7, 11) is -2.43. The summed E-state index contributed by atoms with van der Waals surface area (Å²) >= 11 is 1.59. The third kappa shape index (κ3) is 3.44. The summed E-state index contributed by atoms with van der Waals surface area (Å²) in [6.45, 7) is 0. The van der Waals surface area contributed by atoms with E-state index in [-0.39, 0.29) is 16.7 Å². The van der Waals surface area contributed by atoms with Crippen LogP contribution < -0.4 is 4.72 Å². The van der Waals surface area contributed by atoms with E-state index < -0.39 is 21.5 Å². The van der Waals surface area contributed by atoms with Crippen molar-refractivity contribution in [1.82, 2.24) is 4.72 Å². The third-order valence-corrected chi connectivity index (χ3v) is 7.96. The van der Waals surface area contributed by atoms with Gasteiger partial charge in [0.2, 0.25) is 10.0 Å². The van der Waals surface area contributed by atoms with Gasteiger partial charge in [0.05, 0.1) is 17.4 Å². The Hall–Kier alpha value is -1.90. The molecule has 0 saturated heterocycles. The minimum atomic E-state index is -3.78. The molecular formula is C20H20FNO4S2. The summed E-state index contributed by atoms with van der Waals surface area (Å²) in [5, 5.41) is 0. The lowest BCUT2D eigenvalue weighted by atomic mass is 9.96. The van der Waals surface area contributed by atoms with Crippen molar-refractivity contribution in [3.8, 4) is 0 Å². The molecule has 148 valence electrons. The maximum atomic E-state index is 13.7. The van der Waals surface area contributed by atoms with Gasteiger partial charge in [0.1, 0.15) is 5.82 Å². The lowest BCUT2D eigenvalue weighted by Crippen LogP contribution is -2.31. The molecule has 0 unspecified atom stereocenters. The zero-order valence-electron chi connectivity index (χ0n) is 15.3. The van der Waals surface area contributed by atoms with Crippen molar-refractivity contribution in [2.24, 2.45) is 0 Å². The molecule has 4 rings (SSSR count). The standard InChI is InChI=1S/C20H20FNO4S2/c1-26-19(23)20(9-10-20)13-2-5-15(6-3-13)28(24,25)22-17-8-11-27-18-7-4-14(21)12-16(17)18/h2-7,12,17,22H,8-11H2,1H3/t17-/m0/s1. The van der Waals surface area contributed by atoms with Crippen molar-refractivity contribution in [1.29, 1.82) is 0 Å². The highest BCUT2D eigenvalue weighted by Gasteiger charge is 2.52. The molecule has 28 heavy (non-hydrogen) atoms. The maximum absolute atomic E-state index is 13.7. The number of sulfonamides is 1. The summed E-state index contributed by atoms with van der Waals surface area (Å²) in [5.74, 6) is 0.0822. The van der Waals surface area contributed by atoms with E-state index in [9.17, 15) is 17.6 Å². The third-order valence-electron chi connectivity index (χ3n) is 5.35.